The number of benzene rings is 1. The molecule has 1 aromatic heterocycles. The second-order valence-electron chi connectivity index (χ2n) is 10.5. The highest BCUT2D eigenvalue weighted by atomic mass is 16.5. The number of piperidine rings is 1. The van der Waals surface area contributed by atoms with Crippen molar-refractivity contribution in [2.24, 2.45) is 5.92 Å². The SMILES string of the molecule is Cc1cc(O[C@@H](C)C(=O)NCC(=O)N2CC[C@@]3(O)CCCC[C@H]3C2)c2c3c(c(=O)oc2c1)CCC3. The van der Waals surface area contributed by atoms with Crippen LogP contribution >= 0.6 is 0 Å². The molecule has 2 amide bonds. The zero-order valence-corrected chi connectivity index (χ0v) is 20.5. The number of ether oxygens (including phenoxy) is 1. The zero-order chi connectivity index (χ0) is 24.7. The van der Waals surface area contributed by atoms with Crippen molar-refractivity contribution in [2.45, 2.75) is 76.9 Å². The fraction of sp³-hybridized carbons (Fsp3) is 0.593. The van der Waals surface area contributed by atoms with Gasteiger partial charge in [-0.05, 0) is 75.6 Å². The average Bonchev–Trinajstić information content (AvgIpc) is 3.32. The van der Waals surface area contributed by atoms with E-state index in [0.29, 0.717) is 42.8 Å². The third kappa shape index (κ3) is 4.56. The molecular formula is C27H34N2O6. The maximum atomic E-state index is 12.8. The van der Waals surface area contributed by atoms with Gasteiger partial charge in [-0.25, -0.2) is 4.79 Å². The Morgan fingerprint density at radius 2 is 2.03 bits per heavy atom. The van der Waals surface area contributed by atoms with Crippen LogP contribution in [0.1, 0.15) is 62.1 Å². The minimum Gasteiger partial charge on any atom is -0.480 e. The number of nitrogens with zero attached hydrogens (tertiary/aromatic N) is 1. The number of aryl methyl sites for hydroxylation is 2. The number of rotatable bonds is 5. The molecule has 2 heterocycles. The molecule has 0 unspecified atom stereocenters. The van der Waals surface area contributed by atoms with Crippen LogP contribution in [0.15, 0.2) is 21.3 Å². The Kier molecular flexibility index (Phi) is 6.34. The van der Waals surface area contributed by atoms with Gasteiger partial charge in [-0.15, -0.1) is 0 Å². The summed E-state index contributed by atoms with van der Waals surface area (Å²) in [6.07, 6.45) is 5.99. The number of hydrogen-bond acceptors (Lipinski definition) is 6. The average molecular weight is 483 g/mol. The van der Waals surface area contributed by atoms with Crippen LogP contribution in [-0.4, -0.2) is 53.2 Å². The molecule has 8 nitrogen and oxygen atoms in total. The first-order valence-electron chi connectivity index (χ1n) is 12.8. The van der Waals surface area contributed by atoms with Crippen LogP contribution in [-0.2, 0) is 22.4 Å². The number of amides is 2. The molecule has 188 valence electrons. The predicted molar refractivity (Wildman–Crippen MR) is 130 cm³/mol. The van der Waals surface area contributed by atoms with Gasteiger partial charge in [0, 0.05) is 24.6 Å². The molecule has 2 aromatic rings. The summed E-state index contributed by atoms with van der Waals surface area (Å²) >= 11 is 0. The number of nitrogens with one attached hydrogen (secondary N) is 1. The number of carbonyl (C=O) groups is 2. The largest absolute Gasteiger partial charge is 0.480 e. The summed E-state index contributed by atoms with van der Waals surface area (Å²) in [4.78, 5) is 39.7. The van der Waals surface area contributed by atoms with Crippen LogP contribution in [0.2, 0.25) is 0 Å². The zero-order valence-electron chi connectivity index (χ0n) is 20.5. The van der Waals surface area contributed by atoms with Crippen molar-refractivity contribution < 1.29 is 23.8 Å². The first-order valence-corrected chi connectivity index (χ1v) is 12.8. The molecule has 8 heteroatoms. The van der Waals surface area contributed by atoms with Crippen molar-refractivity contribution in [3.05, 3.63) is 39.2 Å². The lowest BCUT2D eigenvalue weighted by molar-refractivity contribution is -0.144. The molecule has 2 N–H and O–H groups in total. The summed E-state index contributed by atoms with van der Waals surface area (Å²) in [7, 11) is 0. The van der Waals surface area contributed by atoms with E-state index in [1.165, 1.54) is 0 Å². The van der Waals surface area contributed by atoms with Gasteiger partial charge in [0.25, 0.3) is 5.91 Å². The van der Waals surface area contributed by atoms with Gasteiger partial charge >= 0.3 is 5.63 Å². The van der Waals surface area contributed by atoms with Crippen LogP contribution in [0.5, 0.6) is 5.75 Å². The molecule has 1 saturated carbocycles. The summed E-state index contributed by atoms with van der Waals surface area (Å²) in [6, 6.07) is 3.67. The molecule has 1 aliphatic heterocycles. The molecule has 0 bridgehead atoms. The van der Waals surface area contributed by atoms with Gasteiger partial charge in [-0.1, -0.05) is 12.8 Å². The predicted octanol–water partition coefficient (Wildman–Crippen LogP) is 2.63. The van der Waals surface area contributed by atoms with Crippen molar-refractivity contribution in [3.8, 4) is 5.75 Å². The van der Waals surface area contributed by atoms with E-state index in [1.54, 1.807) is 11.8 Å². The van der Waals surface area contributed by atoms with E-state index in [9.17, 15) is 19.5 Å². The van der Waals surface area contributed by atoms with Gasteiger partial charge in [-0.2, -0.15) is 0 Å². The normalized spacial score (nSPS) is 24.5. The monoisotopic (exact) mass is 482 g/mol. The summed E-state index contributed by atoms with van der Waals surface area (Å²) < 4.78 is 11.6. The molecule has 3 atom stereocenters. The Hall–Kier alpha value is -2.87. The highest BCUT2D eigenvalue weighted by Gasteiger charge is 2.43. The van der Waals surface area contributed by atoms with Crippen LogP contribution in [0.4, 0.5) is 0 Å². The van der Waals surface area contributed by atoms with E-state index >= 15 is 0 Å². The van der Waals surface area contributed by atoms with Crippen LogP contribution in [0, 0.1) is 12.8 Å². The molecule has 2 aliphatic carbocycles. The highest BCUT2D eigenvalue weighted by Crippen LogP contribution is 2.40. The maximum Gasteiger partial charge on any atom is 0.339 e. The molecule has 5 rings (SSSR count). The first-order chi connectivity index (χ1) is 16.7. The first kappa shape index (κ1) is 23.9. The number of aliphatic hydroxyl groups is 1. The Morgan fingerprint density at radius 1 is 1.23 bits per heavy atom. The van der Waals surface area contributed by atoms with Crippen molar-refractivity contribution in [3.63, 3.8) is 0 Å². The third-order valence-electron chi connectivity index (χ3n) is 8.05. The van der Waals surface area contributed by atoms with Gasteiger partial charge in [0.05, 0.1) is 17.5 Å². The Balaban J connectivity index is 1.24. The Labute approximate surface area is 204 Å². The van der Waals surface area contributed by atoms with Gasteiger partial charge < -0.3 is 24.5 Å². The van der Waals surface area contributed by atoms with Gasteiger partial charge in [0.1, 0.15) is 11.3 Å². The lowest BCUT2D eigenvalue weighted by atomic mass is 9.71. The Bertz CT molecular complexity index is 1220. The van der Waals surface area contributed by atoms with E-state index in [0.717, 1.165) is 55.0 Å². The third-order valence-corrected chi connectivity index (χ3v) is 8.05. The molecule has 1 saturated heterocycles. The Morgan fingerprint density at radius 3 is 2.86 bits per heavy atom. The summed E-state index contributed by atoms with van der Waals surface area (Å²) in [5.41, 5.74) is 2.04. The van der Waals surface area contributed by atoms with E-state index in [2.05, 4.69) is 5.32 Å². The summed E-state index contributed by atoms with van der Waals surface area (Å²) in [6.45, 7) is 4.49. The van der Waals surface area contributed by atoms with Gasteiger partial charge in [0.2, 0.25) is 5.91 Å². The number of likely N-dealkylation sites (tertiary alicyclic amines) is 1. The minimum atomic E-state index is -0.832. The second kappa shape index (κ2) is 9.30. The van der Waals surface area contributed by atoms with Crippen molar-refractivity contribution >= 4 is 22.8 Å². The van der Waals surface area contributed by atoms with Crippen molar-refractivity contribution in [2.75, 3.05) is 19.6 Å². The molecule has 3 aliphatic rings. The fourth-order valence-corrected chi connectivity index (χ4v) is 6.06. The van der Waals surface area contributed by atoms with Crippen molar-refractivity contribution in [1.82, 2.24) is 10.2 Å². The maximum absolute atomic E-state index is 12.8. The smallest absolute Gasteiger partial charge is 0.339 e. The van der Waals surface area contributed by atoms with E-state index in [4.69, 9.17) is 9.15 Å². The lowest BCUT2D eigenvalue weighted by Gasteiger charge is -2.47. The molecule has 2 fully saturated rings. The minimum absolute atomic E-state index is 0.101. The summed E-state index contributed by atoms with van der Waals surface area (Å²) in [5.74, 6) is 0.110. The van der Waals surface area contributed by atoms with Gasteiger partial charge in [-0.3, -0.25) is 9.59 Å². The molecule has 0 spiro atoms. The lowest BCUT2D eigenvalue weighted by Crippen LogP contribution is -2.56. The van der Waals surface area contributed by atoms with Crippen LogP contribution in [0.3, 0.4) is 0 Å². The summed E-state index contributed by atoms with van der Waals surface area (Å²) in [5, 5.41) is 14.3. The highest BCUT2D eigenvalue weighted by molar-refractivity contribution is 5.90. The number of hydrogen-bond donors (Lipinski definition) is 2. The van der Waals surface area contributed by atoms with Crippen molar-refractivity contribution in [1.29, 1.82) is 0 Å². The van der Waals surface area contributed by atoms with E-state index < -0.39 is 11.7 Å². The second-order valence-corrected chi connectivity index (χ2v) is 10.5. The standard InChI is InChI=1S/C27H34N2O6/c1-16-12-21(24-19-7-5-8-20(19)26(32)35-22(24)13-16)34-17(2)25(31)28-14-23(30)29-11-10-27(33)9-4-3-6-18(27)15-29/h12-13,17-18,33H,3-11,14-15H2,1-2H3,(H,28,31)/t17-,18-,27-/m0/s1. The molecule has 0 radical (unpaired) electrons. The molecule has 35 heavy (non-hydrogen) atoms. The molecular weight excluding hydrogens is 448 g/mol. The van der Waals surface area contributed by atoms with E-state index in [-0.39, 0.29) is 29.9 Å². The quantitative estimate of drug-likeness (QED) is 0.634. The van der Waals surface area contributed by atoms with E-state index in [1.807, 2.05) is 19.1 Å². The molecule has 1 aromatic carbocycles. The number of carbonyl (C=O) groups excluding carboxylic acids is 2. The van der Waals surface area contributed by atoms with Crippen LogP contribution in [0.25, 0.3) is 11.0 Å². The van der Waals surface area contributed by atoms with Gasteiger partial charge in [0.15, 0.2) is 6.10 Å². The number of fused-ring (bicyclic) bond motifs is 4. The topological polar surface area (TPSA) is 109 Å². The fourth-order valence-electron chi connectivity index (χ4n) is 6.06. The van der Waals surface area contributed by atoms with Crippen LogP contribution < -0.4 is 15.7 Å².